The third-order valence-electron chi connectivity index (χ3n) is 5.46. The third kappa shape index (κ3) is 5.50. The maximum atomic E-state index is 13.7. The van der Waals surface area contributed by atoms with E-state index in [0.717, 1.165) is 11.1 Å². The summed E-state index contributed by atoms with van der Waals surface area (Å²) in [5, 5.41) is 7.07. The molecule has 0 saturated carbocycles. The van der Waals surface area contributed by atoms with E-state index in [9.17, 15) is 18.8 Å². The lowest BCUT2D eigenvalue weighted by atomic mass is 10.0. The quantitative estimate of drug-likeness (QED) is 0.385. The van der Waals surface area contributed by atoms with Crippen LogP contribution in [-0.2, 0) is 16.0 Å². The van der Waals surface area contributed by atoms with Crippen molar-refractivity contribution >= 4 is 17.6 Å². The van der Waals surface area contributed by atoms with Crippen molar-refractivity contribution in [2.24, 2.45) is 5.73 Å². The minimum atomic E-state index is -1.13. The van der Waals surface area contributed by atoms with Gasteiger partial charge in [-0.05, 0) is 53.9 Å². The van der Waals surface area contributed by atoms with E-state index < -0.39 is 23.6 Å². The second kappa shape index (κ2) is 10.1. The Hall–Kier alpha value is -4.59. The maximum absolute atomic E-state index is 13.7. The molecule has 0 fully saturated rings. The predicted molar refractivity (Wildman–Crippen MR) is 129 cm³/mol. The second-order valence-corrected chi connectivity index (χ2v) is 8.09. The molecule has 3 N–H and O–H groups in total. The summed E-state index contributed by atoms with van der Waals surface area (Å²) in [6, 6.07) is 22.8. The molecule has 0 spiro atoms. The Morgan fingerprint density at radius 3 is 2.31 bits per heavy atom. The van der Waals surface area contributed by atoms with Gasteiger partial charge in [0.05, 0.1) is 11.4 Å². The van der Waals surface area contributed by atoms with Gasteiger partial charge in [0.25, 0.3) is 11.8 Å². The van der Waals surface area contributed by atoms with Gasteiger partial charge in [-0.3, -0.25) is 14.4 Å². The summed E-state index contributed by atoms with van der Waals surface area (Å²) in [6.45, 7) is 1.74. The lowest BCUT2D eigenvalue weighted by Crippen LogP contribution is -2.47. The van der Waals surface area contributed by atoms with Gasteiger partial charge >= 0.3 is 0 Å². The highest BCUT2D eigenvalue weighted by Crippen LogP contribution is 2.24. The van der Waals surface area contributed by atoms with Crippen LogP contribution in [0, 0.1) is 12.7 Å². The van der Waals surface area contributed by atoms with Crippen LogP contribution in [0.2, 0.25) is 0 Å². The van der Waals surface area contributed by atoms with E-state index in [1.165, 1.54) is 16.8 Å². The van der Waals surface area contributed by atoms with Crippen molar-refractivity contribution in [2.75, 3.05) is 0 Å². The number of halogens is 1. The van der Waals surface area contributed by atoms with Crippen LogP contribution in [0.5, 0.6) is 0 Å². The van der Waals surface area contributed by atoms with Gasteiger partial charge in [-0.2, -0.15) is 5.10 Å². The molecule has 4 aromatic rings. The van der Waals surface area contributed by atoms with Gasteiger partial charge in [0.15, 0.2) is 0 Å². The molecule has 0 bridgehead atoms. The van der Waals surface area contributed by atoms with Gasteiger partial charge in [0, 0.05) is 6.42 Å². The number of carbonyl (C=O) groups excluding carboxylic acids is 3. The molecule has 7 nitrogen and oxygen atoms in total. The number of nitrogens with zero attached hydrogens (tertiary/aromatic N) is 2. The molecule has 0 saturated heterocycles. The number of aryl methyl sites for hydroxylation is 1. The van der Waals surface area contributed by atoms with Crippen LogP contribution in [0.4, 0.5) is 4.39 Å². The fraction of sp³-hybridized carbons (Fsp3) is 0.111. The zero-order chi connectivity index (χ0) is 24.9. The Kier molecular flexibility index (Phi) is 6.82. The smallest absolute Gasteiger partial charge is 0.287 e. The standard InChI is InChI=1S/C27H23FN4O3/c1-17-13-24(27(35)30-23(25(33)26(29)34)14-18-7-3-2-4-8-18)32(31-17)22-12-6-10-20(16-22)19-9-5-11-21(28)15-19/h2-13,15-16,23H,14H2,1H3,(H2,29,34)(H,30,35). The third-order valence-corrected chi connectivity index (χ3v) is 5.46. The lowest BCUT2D eigenvalue weighted by molar-refractivity contribution is -0.137. The Labute approximate surface area is 201 Å². The molecule has 1 aromatic heterocycles. The Bertz CT molecular complexity index is 1400. The number of rotatable bonds is 8. The first-order valence-corrected chi connectivity index (χ1v) is 10.9. The number of aromatic nitrogens is 2. The number of hydrogen-bond acceptors (Lipinski definition) is 4. The number of nitrogens with two attached hydrogens (primary N) is 1. The molecule has 1 atom stereocenters. The molecule has 1 unspecified atom stereocenters. The van der Waals surface area contributed by atoms with E-state index in [1.807, 2.05) is 12.1 Å². The van der Waals surface area contributed by atoms with Crippen molar-refractivity contribution < 1.29 is 18.8 Å². The highest BCUT2D eigenvalue weighted by molar-refractivity contribution is 6.38. The Balaban J connectivity index is 1.65. The van der Waals surface area contributed by atoms with E-state index in [1.54, 1.807) is 67.6 Å². The molecule has 0 aliphatic heterocycles. The van der Waals surface area contributed by atoms with Gasteiger partial charge in [-0.1, -0.05) is 54.6 Å². The fourth-order valence-electron chi connectivity index (χ4n) is 3.81. The molecule has 176 valence electrons. The van der Waals surface area contributed by atoms with Crippen molar-refractivity contribution in [3.63, 3.8) is 0 Å². The number of Topliss-reactive ketones (excluding diaryl/α,β-unsaturated/α-hetero) is 1. The minimum absolute atomic E-state index is 0.108. The average Bonchev–Trinajstić information content (AvgIpc) is 3.25. The fourth-order valence-corrected chi connectivity index (χ4v) is 3.81. The van der Waals surface area contributed by atoms with Gasteiger partial charge < -0.3 is 11.1 Å². The van der Waals surface area contributed by atoms with Crippen molar-refractivity contribution in [3.8, 4) is 16.8 Å². The number of carbonyl (C=O) groups is 3. The molecule has 8 heteroatoms. The van der Waals surface area contributed by atoms with Crippen LogP contribution in [0.3, 0.4) is 0 Å². The van der Waals surface area contributed by atoms with E-state index in [2.05, 4.69) is 10.4 Å². The van der Waals surface area contributed by atoms with E-state index in [-0.39, 0.29) is 17.9 Å². The van der Waals surface area contributed by atoms with E-state index in [0.29, 0.717) is 16.9 Å². The molecule has 1 heterocycles. The van der Waals surface area contributed by atoms with Crippen molar-refractivity contribution in [3.05, 3.63) is 108 Å². The topological polar surface area (TPSA) is 107 Å². The van der Waals surface area contributed by atoms with Crippen molar-refractivity contribution in [2.45, 2.75) is 19.4 Å². The first kappa shape index (κ1) is 23.6. The Morgan fingerprint density at radius 1 is 0.943 bits per heavy atom. The maximum Gasteiger partial charge on any atom is 0.287 e. The second-order valence-electron chi connectivity index (χ2n) is 8.09. The van der Waals surface area contributed by atoms with Gasteiger partial charge in [0.1, 0.15) is 17.6 Å². The van der Waals surface area contributed by atoms with Gasteiger partial charge in [-0.25, -0.2) is 9.07 Å². The number of nitrogens with one attached hydrogen (secondary N) is 1. The minimum Gasteiger partial charge on any atom is -0.363 e. The van der Waals surface area contributed by atoms with Gasteiger partial charge in [-0.15, -0.1) is 0 Å². The monoisotopic (exact) mass is 470 g/mol. The molecule has 2 amide bonds. The zero-order valence-corrected chi connectivity index (χ0v) is 18.9. The molecular weight excluding hydrogens is 447 g/mol. The van der Waals surface area contributed by atoms with Crippen LogP contribution in [0.1, 0.15) is 21.7 Å². The van der Waals surface area contributed by atoms with Crippen LogP contribution >= 0.6 is 0 Å². The lowest BCUT2D eigenvalue weighted by Gasteiger charge is -2.17. The molecule has 35 heavy (non-hydrogen) atoms. The molecule has 0 radical (unpaired) electrons. The highest BCUT2D eigenvalue weighted by atomic mass is 19.1. The number of primary amides is 1. The van der Waals surface area contributed by atoms with Crippen LogP contribution in [-0.4, -0.2) is 33.4 Å². The SMILES string of the molecule is Cc1cc(C(=O)NC(Cc2ccccc2)C(=O)C(N)=O)n(-c2cccc(-c3cccc(F)c3)c2)n1. The van der Waals surface area contributed by atoms with E-state index >= 15 is 0 Å². The first-order valence-electron chi connectivity index (χ1n) is 10.9. The zero-order valence-electron chi connectivity index (χ0n) is 18.9. The number of hydrogen-bond donors (Lipinski definition) is 2. The summed E-state index contributed by atoms with van der Waals surface area (Å²) in [5.74, 6) is -2.96. The Morgan fingerprint density at radius 2 is 1.63 bits per heavy atom. The summed E-state index contributed by atoms with van der Waals surface area (Å²) < 4.78 is 15.2. The molecule has 0 aliphatic carbocycles. The molecule has 4 rings (SSSR count). The largest absolute Gasteiger partial charge is 0.363 e. The van der Waals surface area contributed by atoms with Crippen LogP contribution in [0.25, 0.3) is 16.8 Å². The number of ketones is 1. The molecule has 3 aromatic carbocycles. The van der Waals surface area contributed by atoms with Crippen LogP contribution in [0.15, 0.2) is 84.9 Å². The summed E-state index contributed by atoms with van der Waals surface area (Å²) in [5.41, 5.74) is 8.74. The highest BCUT2D eigenvalue weighted by Gasteiger charge is 2.27. The first-order chi connectivity index (χ1) is 16.8. The summed E-state index contributed by atoms with van der Waals surface area (Å²) in [4.78, 5) is 37.3. The molecular formula is C27H23FN4O3. The predicted octanol–water partition coefficient (Wildman–Crippen LogP) is 3.38. The average molecular weight is 471 g/mol. The van der Waals surface area contributed by atoms with E-state index in [4.69, 9.17) is 5.73 Å². The number of benzene rings is 3. The van der Waals surface area contributed by atoms with Gasteiger partial charge in [0.2, 0.25) is 5.78 Å². The summed E-state index contributed by atoms with van der Waals surface area (Å²) in [7, 11) is 0. The van der Waals surface area contributed by atoms with Crippen LogP contribution < -0.4 is 11.1 Å². The summed E-state index contributed by atoms with van der Waals surface area (Å²) >= 11 is 0. The molecule has 0 aliphatic rings. The van der Waals surface area contributed by atoms with Crippen molar-refractivity contribution in [1.29, 1.82) is 0 Å². The van der Waals surface area contributed by atoms with Crippen molar-refractivity contribution in [1.82, 2.24) is 15.1 Å². The normalized spacial score (nSPS) is 11.6. The number of amides is 2. The summed E-state index contributed by atoms with van der Waals surface area (Å²) in [6.07, 6.45) is 0.108.